The Kier molecular flexibility index (Phi) is 7.18. The molecular weight excluding hydrogens is 414 g/mol. The lowest BCUT2D eigenvalue weighted by Gasteiger charge is -2.13. The van der Waals surface area contributed by atoms with Crippen molar-refractivity contribution >= 4 is 23.9 Å². The quantitative estimate of drug-likeness (QED) is 0.246. The number of nitrogens with two attached hydrogens (primary N) is 1. The first-order valence-electron chi connectivity index (χ1n) is 9.39. The molecule has 0 aliphatic heterocycles. The van der Waals surface area contributed by atoms with Crippen LogP contribution in [0.1, 0.15) is 17.2 Å². The summed E-state index contributed by atoms with van der Waals surface area (Å²) in [6.07, 6.45) is 5.13. The minimum absolute atomic E-state index is 0. The third-order valence-electron chi connectivity index (χ3n) is 4.42. The van der Waals surface area contributed by atoms with E-state index in [1.54, 1.807) is 30.6 Å². The number of amidine groups is 1. The molecule has 0 radical (unpaired) electrons. The molecule has 2 aromatic carbocycles. The van der Waals surface area contributed by atoms with E-state index in [2.05, 4.69) is 25.3 Å². The van der Waals surface area contributed by atoms with Crippen molar-refractivity contribution in [3.63, 3.8) is 0 Å². The summed E-state index contributed by atoms with van der Waals surface area (Å²) in [6.45, 7) is 0.691. The van der Waals surface area contributed by atoms with Crippen molar-refractivity contribution in [1.29, 1.82) is 5.41 Å². The van der Waals surface area contributed by atoms with Crippen molar-refractivity contribution in [1.82, 2.24) is 19.9 Å². The molecule has 4 aromatic rings. The summed E-state index contributed by atoms with van der Waals surface area (Å²) < 4.78 is 5.83. The van der Waals surface area contributed by atoms with Gasteiger partial charge in [0.25, 0.3) is 0 Å². The average molecular weight is 436 g/mol. The molecule has 2 aromatic heterocycles. The van der Waals surface area contributed by atoms with Gasteiger partial charge in [0.1, 0.15) is 24.0 Å². The van der Waals surface area contributed by atoms with Gasteiger partial charge in [-0.15, -0.1) is 12.4 Å². The zero-order valence-electron chi connectivity index (χ0n) is 16.6. The van der Waals surface area contributed by atoms with Gasteiger partial charge in [0.2, 0.25) is 0 Å². The molecule has 0 aliphatic rings. The standard InChI is InChI=1S/C22H21N7O.ClH/c23-22(24)17-8-7-16(11-19(17)30-14-21-25-9-4-10-26-21)27-13-20-28-12-18(29-20)15-5-2-1-3-6-15;/h1-12,27H,13-14H2,(H3,23,24)(H,28,29);1H. The van der Waals surface area contributed by atoms with Crippen LogP contribution in [0.2, 0.25) is 0 Å². The van der Waals surface area contributed by atoms with Crippen LogP contribution in [0, 0.1) is 5.41 Å². The van der Waals surface area contributed by atoms with Gasteiger partial charge >= 0.3 is 0 Å². The molecule has 0 saturated heterocycles. The summed E-state index contributed by atoms with van der Waals surface area (Å²) in [7, 11) is 0. The van der Waals surface area contributed by atoms with Gasteiger partial charge < -0.3 is 20.8 Å². The van der Waals surface area contributed by atoms with Gasteiger partial charge in [-0.05, 0) is 23.8 Å². The third kappa shape index (κ3) is 5.58. The number of H-pyrrole nitrogens is 1. The number of imidazole rings is 1. The number of aromatic amines is 1. The lowest BCUT2D eigenvalue weighted by molar-refractivity contribution is 0.295. The number of halogens is 1. The first kappa shape index (κ1) is 21.8. The van der Waals surface area contributed by atoms with Crippen LogP contribution in [0.25, 0.3) is 11.3 Å². The van der Waals surface area contributed by atoms with E-state index in [0.717, 1.165) is 22.8 Å². The summed E-state index contributed by atoms with van der Waals surface area (Å²) in [5, 5.41) is 11.1. The molecule has 31 heavy (non-hydrogen) atoms. The number of ether oxygens (including phenoxy) is 1. The van der Waals surface area contributed by atoms with Gasteiger partial charge in [0.15, 0.2) is 5.82 Å². The van der Waals surface area contributed by atoms with Crippen LogP contribution in [0.5, 0.6) is 5.75 Å². The fourth-order valence-electron chi connectivity index (χ4n) is 2.92. The molecule has 0 atom stereocenters. The minimum atomic E-state index is -0.0657. The first-order chi connectivity index (χ1) is 14.7. The maximum Gasteiger partial charge on any atom is 0.166 e. The minimum Gasteiger partial charge on any atom is -0.485 e. The highest BCUT2D eigenvalue weighted by molar-refractivity contribution is 5.98. The number of hydrogen-bond acceptors (Lipinski definition) is 6. The van der Waals surface area contributed by atoms with E-state index in [4.69, 9.17) is 15.9 Å². The predicted octanol–water partition coefficient (Wildman–Crippen LogP) is 3.76. The number of nitrogens with one attached hydrogen (secondary N) is 3. The number of nitrogen functional groups attached to an aromatic ring is 1. The van der Waals surface area contributed by atoms with Gasteiger partial charge in [0.05, 0.1) is 24.0 Å². The smallest absolute Gasteiger partial charge is 0.166 e. The van der Waals surface area contributed by atoms with E-state index in [1.165, 1.54) is 0 Å². The SMILES string of the molecule is Cl.N=C(N)c1ccc(NCc2ncc(-c3ccccc3)[nH]2)cc1OCc1ncccn1. The normalized spacial score (nSPS) is 10.2. The first-order valence-corrected chi connectivity index (χ1v) is 9.39. The molecule has 8 nitrogen and oxygen atoms in total. The van der Waals surface area contributed by atoms with Crippen LogP contribution in [-0.2, 0) is 13.2 Å². The van der Waals surface area contributed by atoms with E-state index >= 15 is 0 Å². The van der Waals surface area contributed by atoms with Crippen LogP contribution in [0.3, 0.4) is 0 Å². The maximum atomic E-state index is 7.78. The molecule has 0 fully saturated rings. The van der Waals surface area contributed by atoms with E-state index in [1.807, 2.05) is 42.6 Å². The maximum absolute atomic E-state index is 7.78. The van der Waals surface area contributed by atoms with Crippen LogP contribution in [-0.4, -0.2) is 25.8 Å². The zero-order valence-corrected chi connectivity index (χ0v) is 17.4. The summed E-state index contributed by atoms with van der Waals surface area (Å²) >= 11 is 0. The molecule has 5 N–H and O–H groups in total. The third-order valence-corrected chi connectivity index (χ3v) is 4.42. The monoisotopic (exact) mass is 435 g/mol. The Labute approximate surface area is 185 Å². The Balaban J connectivity index is 0.00000272. The molecule has 158 valence electrons. The Morgan fingerprint density at radius 2 is 1.81 bits per heavy atom. The molecule has 9 heteroatoms. The van der Waals surface area contributed by atoms with Crippen molar-refractivity contribution in [3.8, 4) is 17.0 Å². The Morgan fingerprint density at radius 1 is 1.03 bits per heavy atom. The van der Waals surface area contributed by atoms with Crippen molar-refractivity contribution in [2.75, 3.05) is 5.32 Å². The van der Waals surface area contributed by atoms with E-state index in [0.29, 0.717) is 23.7 Å². The summed E-state index contributed by atoms with van der Waals surface area (Å²) in [5.41, 5.74) is 9.08. The topological polar surface area (TPSA) is 126 Å². The molecule has 2 heterocycles. The summed E-state index contributed by atoms with van der Waals surface area (Å²) in [4.78, 5) is 16.0. The predicted molar refractivity (Wildman–Crippen MR) is 122 cm³/mol. The lowest BCUT2D eigenvalue weighted by Crippen LogP contribution is -2.14. The molecule has 4 rings (SSSR count). The van der Waals surface area contributed by atoms with Gasteiger partial charge in [-0.2, -0.15) is 0 Å². The zero-order chi connectivity index (χ0) is 20.8. The van der Waals surface area contributed by atoms with Crippen molar-refractivity contribution < 1.29 is 4.74 Å². The Bertz CT molecular complexity index is 1130. The molecule has 0 bridgehead atoms. The number of rotatable bonds is 8. The van der Waals surface area contributed by atoms with Gasteiger partial charge in [-0.3, -0.25) is 5.41 Å². The van der Waals surface area contributed by atoms with Crippen molar-refractivity contribution in [2.24, 2.45) is 5.73 Å². The molecule has 0 aliphatic carbocycles. The highest BCUT2D eigenvalue weighted by atomic mass is 35.5. The number of hydrogen-bond donors (Lipinski definition) is 4. The van der Waals surface area contributed by atoms with Crippen molar-refractivity contribution in [2.45, 2.75) is 13.2 Å². The fourth-order valence-corrected chi connectivity index (χ4v) is 2.92. The number of nitrogens with zero attached hydrogens (tertiary/aromatic N) is 3. The van der Waals surface area contributed by atoms with Gasteiger partial charge in [-0.25, -0.2) is 15.0 Å². The van der Waals surface area contributed by atoms with Crippen LogP contribution in [0.15, 0.2) is 73.2 Å². The summed E-state index contributed by atoms with van der Waals surface area (Å²) in [6, 6.07) is 17.2. The highest BCUT2D eigenvalue weighted by Gasteiger charge is 2.10. The van der Waals surface area contributed by atoms with Crippen LogP contribution in [0.4, 0.5) is 5.69 Å². The van der Waals surface area contributed by atoms with E-state index in [-0.39, 0.29) is 24.8 Å². The molecule has 0 saturated carbocycles. The average Bonchev–Trinajstić information content (AvgIpc) is 3.27. The Hall–Kier alpha value is -3.91. The molecule has 0 amide bonds. The van der Waals surface area contributed by atoms with Crippen LogP contribution < -0.4 is 15.8 Å². The largest absolute Gasteiger partial charge is 0.485 e. The molecule has 0 spiro atoms. The second-order valence-electron chi connectivity index (χ2n) is 6.54. The van der Waals surface area contributed by atoms with Gasteiger partial charge in [-0.1, -0.05) is 30.3 Å². The number of aromatic nitrogens is 4. The van der Waals surface area contributed by atoms with Crippen molar-refractivity contribution in [3.05, 3.63) is 90.4 Å². The van der Waals surface area contributed by atoms with E-state index < -0.39 is 0 Å². The second-order valence-corrected chi connectivity index (χ2v) is 6.54. The van der Waals surface area contributed by atoms with Gasteiger partial charge in [0, 0.05) is 24.1 Å². The number of benzene rings is 2. The molecule has 0 unspecified atom stereocenters. The fraction of sp³-hybridized carbons (Fsp3) is 0.0909. The number of anilines is 1. The van der Waals surface area contributed by atoms with Crippen LogP contribution >= 0.6 is 12.4 Å². The lowest BCUT2D eigenvalue weighted by atomic mass is 10.1. The second kappa shape index (κ2) is 10.2. The Morgan fingerprint density at radius 3 is 2.55 bits per heavy atom. The molecular formula is C22H22ClN7O. The highest BCUT2D eigenvalue weighted by Crippen LogP contribution is 2.24. The van der Waals surface area contributed by atoms with E-state index in [9.17, 15) is 0 Å². The summed E-state index contributed by atoms with van der Waals surface area (Å²) in [5.74, 6) is 1.78.